The summed E-state index contributed by atoms with van der Waals surface area (Å²) in [5, 5.41) is 8.85. The fraction of sp³-hybridized carbons (Fsp3) is 0.333. The Kier molecular flexibility index (Phi) is 6.28. The standard InChI is InChI=1S/C21H23ClN4O3S/c1-12-6-8-14(22)10-16(12)26(20(28)15-11-30-25-24-15)18(17-9-7-13(2)29-17)19(27)23-21(3,4)5/h6-11,18H,1-5H3,(H,23,27)/t18-/m1/s1. The smallest absolute Gasteiger partial charge is 0.280 e. The molecule has 0 bridgehead atoms. The summed E-state index contributed by atoms with van der Waals surface area (Å²) in [4.78, 5) is 28.3. The summed E-state index contributed by atoms with van der Waals surface area (Å²) in [6, 6.07) is 7.57. The maximum atomic E-state index is 13.5. The Morgan fingerprint density at radius 1 is 1.20 bits per heavy atom. The van der Waals surface area contributed by atoms with Crippen LogP contribution in [0.3, 0.4) is 0 Å². The minimum Gasteiger partial charge on any atom is -0.464 e. The number of furan rings is 1. The first-order chi connectivity index (χ1) is 14.1. The van der Waals surface area contributed by atoms with Crippen LogP contribution in [0.5, 0.6) is 0 Å². The molecule has 0 aliphatic carbocycles. The fourth-order valence-electron chi connectivity index (χ4n) is 3.00. The zero-order valence-corrected chi connectivity index (χ0v) is 19.0. The van der Waals surface area contributed by atoms with Gasteiger partial charge in [-0.15, -0.1) is 5.10 Å². The molecule has 0 radical (unpaired) electrons. The highest BCUT2D eigenvalue weighted by Gasteiger charge is 2.38. The number of amides is 2. The van der Waals surface area contributed by atoms with E-state index in [9.17, 15) is 9.59 Å². The van der Waals surface area contributed by atoms with Gasteiger partial charge in [-0.3, -0.25) is 14.5 Å². The van der Waals surface area contributed by atoms with Crippen molar-refractivity contribution in [3.63, 3.8) is 0 Å². The minimum atomic E-state index is -1.07. The SMILES string of the molecule is Cc1ccc([C@H](C(=O)NC(C)(C)C)N(C(=O)c2csnn2)c2cc(Cl)ccc2C)o1. The van der Waals surface area contributed by atoms with Crippen molar-refractivity contribution in [2.24, 2.45) is 0 Å². The van der Waals surface area contributed by atoms with E-state index in [2.05, 4.69) is 14.9 Å². The van der Waals surface area contributed by atoms with E-state index in [4.69, 9.17) is 16.0 Å². The molecule has 1 atom stereocenters. The Labute approximate surface area is 184 Å². The maximum absolute atomic E-state index is 13.5. The number of hydrogen-bond acceptors (Lipinski definition) is 6. The molecule has 2 amide bonds. The Hall–Kier alpha value is -2.71. The van der Waals surface area contributed by atoms with Gasteiger partial charge in [0.05, 0.1) is 0 Å². The van der Waals surface area contributed by atoms with Crippen LogP contribution in [0.15, 0.2) is 40.1 Å². The van der Waals surface area contributed by atoms with E-state index in [1.54, 1.807) is 42.6 Å². The van der Waals surface area contributed by atoms with Gasteiger partial charge < -0.3 is 9.73 Å². The van der Waals surface area contributed by atoms with Crippen molar-refractivity contribution in [2.45, 2.75) is 46.2 Å². The Morgan fingerprint density at radius 3 is 2.50 bits per heavy atom. The molecule has 0 aliphatic rings. The van der Waals surface area contributed by atoms with Crippen LogP contribution in [0.1, 0.15) is 54.4 Å². The predicted molar refractivity (Wildman–Crippen MR) is 117 cm³/mol. The van der Waals surface area contributed by atoms with Gasteiger partial charge in [0.25, 0.3) is 11.8 Å². The van der Waals surface area contributed by atoms with Crippen LogP contribution in [0.25, 0.3) is 0 Å². The quantitative estimate of drug-likeness (QED) is 0.613. The summed E-state index contributed by atoms with van der Waals surface area (Å²) in [6.45, 7) is 9.24. The lowest BCUT2D eigenvalue weighted by Gasteiger charge is -2.32. The molecule has 7 nitrogen and oxygen atoms in total. The molecular formula is C21H23ClN4O3S. The van der Waals surface area contributed by atoms with Crippen molar-refractivity contribution in [1.82, 2.24) is 14.9 Å². The van der Waals surface area contributed by atoms with E-state index in [1.807, 2.05) is 27.7 Å². The van der Waals surface area contributed by atoms with Gasteiger partial charge in [-0.05, 0) is 76.0 Å². The average Bonchev–Trinajstić information content (AvgIpc) is 3.31. The number of rotatable bonds is 5. The number of halogens is 1. The zero-order chi connectivity index (χ0) is 22.1. The van der Waals surface area contributed by atoms with Crippen molar-refractivity contribution < 1.29 is 14.0 Å². The number of aryl methyl sites for hydroxylation is 2. The van der Waals surface area contributed by atoms with Gasteiger partial charge in [-0.1, -0.05) is 22.2 Å². The number of hydrogen-bond donors (Lipinski definition) is 1. The molecule has 0 saturated carbocycles. The van der Waals surface area contributed by atoms with Gasteiger partial charge in [-0.2, -0.15) is 0 Å². The lowest BCUT2D eigenvalue weighted by molar-refractivity contribution is -0.124. The first-order valence-electron chi connectivity index (χ1n) is 9.32. The van der Waals surface area contributed by atoms with Gasteiger partial charge in [-0.25, -0.2) is 0 Å². The van der Waals surface area contributed by atoms with Crippen LogP contribution in [0.2, 0.25) is 5.02 Å². The largest absolute Gasteiger partial charge is 0.464 e. The van der Waals surface area contributed by atoms with Crippen LogP contribution >= 0.6 is 23.1 Å². The zero-order valence-electron chi connectivity index (χ0n) is 17.4. The van der Waals surface area contributed by atoms with Crippen molar-refractivity contribution in [3.8, 4) is 0 Å². The lowest BCUT2D eigenvalue weighted by atomic mass is 10.0. The van der Waals surface area contributed by atoms with Crippen LogP contribution in [-0.2, 0) is 4.79 Å². The van der Waals surface area contributed by atoms with Crippen molar-refractivity contribution in [2.75, 3.05) is 4.90 Å². The molecule has 0 fully saturated rings. The van der Waals surface area contributed by atoms with Gasteiger partial charge in [0.1, 0.15) is 11.5 Å². The molecule has 0 unspecified atom stereocenters. The number of carbonyl (C=O) groups is 2. The number of carbonyl (C=O) groups excluding carboxylic acids is 2. The van der Waals surface area contributed by atoms with Crippen LogP contribution < -0.4 is 10.2 Å². The Balaban J connectivity index is 2.21. The third kappa shape index (κ3) is 4.88. The molecule has 158 valence electrons. The minimum absolute atomic E-state index is 0.135. The second-order valence-corrected chi connectivity index (χ2v) is 9.03. The van der Waals surface area contributed by atoms with Gasteiger partial charge >= 0.3 is 0 Å². The molecule has 30 heavy (non-hydrogen) atoms. The summed E-state index contributed by atoms with van der Waals surface area (Å²) >= 11 is 7.30. The molecular weight excluding hydrogens is 424 g/mol. The van der Waals surface area contributed by atoms with E-state index in [0.717, 1.165) is 17.1 Å². The van der Waals surface area contributed by atoms with Gasteiger partial charge in [0.2, 0.25) is 0 Å². The summed E-state index contributed by atoms with van der Waals surface area (Å²) in [5.41, 5.74) is 0.879. The third-order valence-corrected chi connectivity index (χ3v) is 5.00. The third-order valence-electron chi connectivity index (χ3n) is 4.26. The number of aromatic nitrogens is 2. The van der Waals surface area contributed by atoms with E-state index >= 15 is 0 Å². The van der Waals surface area contributed by atoms with E-state index in [-0.39, 0.29) is 11.6 Å². The van der Waals surface area contributed by atoms with Crippen molar-refractivity contribution >= 4 is 40.6 Å². The van der Waals surface area contributed by atoms with Gasteiger partial charge in [0.15, 0.2) is 11.7 Å². The molecule has 3 rings (SSSR count). The highest BCUT2D eigenvalue weighted by molar-refractivity contribution is 7.03. The molecule has 2 heterocycles. The molecule has 0 aliphatic heterocycles. The number of nitrogens with one attached hydrogen (secondary N) is 1. The summed E-state index contributed by atoms with van der Waals surface area (Å²) in [5.74, 6) is 0.110. The topological polar surface area (TPSA) is 88.3 Å². The van der Waals surface area contributed by atoms with Gasteiger partial charge in [0, 0.05) is 21.6 Å². The fourth-order valence-corrected chi connectivity index (χ4v) is 3.60. The predicted octanol–water partition coefficient (Wildman–Crippen LogP) is 4.70. The molecule has 0 spiro atoms. The second-order valence-electron chi connectivity index (χ2n) is 7.99. The van der Waals surface area contributed by atoms with E-state index < -0.39 is 17.5 Å². The lowest BCUT2D eigenvalue weighted by Crippen LogP contribution is -2.49. The molecule has 0 saturated heterocycles. The van der Waals surface area contributed by atoms with E-state index in [0.29, 0.717) is 22.2 Å². The average molecular weight is 447 g/mol. The van der Waals surface area contributed by atoms with Crippen LogP contribution in [0, 0.1) is 13.8 Å². The molecule has 1 aromatic carbocycles. The molecule has 1 N–H and O–H groups in total. The number of benzene rings is 1. The maximum Gasteiger partial charge on any atom is 0.280 e. The van der Waals surface area contributed by atoms with E-state index in [1.165, 1.54) is 4.90 Å². The van der Waals surface area contributed by atoms with Crippen LogP contribution in [-0.4, -0.2) is 26.9 Å². The first kappa shape index (κ1) is 22.0. The van der Waals surface area contributed by atoms with Crippen LogP contribution in [0.4, 0.5) is 5.69 Å². The number of nitrogens with zero attached hydrogens (tertiary/aromatic N) is 3. The van der Waals surface area contributed by atoms with Crippen molar-refractivity contribution in [1.29, 1.82) is 0 Å². The monoisotopic (exact) mass is 446 g/mol. The molecule has 2 aromatic heterocycles. The molecule has 9 heteroatoms. The highest BCUT2D eigenvalue weighted by atomic mass is 35.5. The molecule has 3 aromatic rings. The Morgan fingerprint density at radius 2 is 1.93 bits per heavy atom. The summed E-state index contributed by atoms with van der Waals surface area (Å²) in [7, 11) is 0. The first-order valence-corrected chi connectivity index (χ1v) is 10.5. The van der Waals surface area contributed by atoms with Crippen molar-refractivity contribution in [3.05, 3.63) is 63.5 Å². The summed E-state index contributed by atoms with van der Waals surface area (Å²) in [6.07, 6.45) is 0. The Bertz CT molecular complexity index is 1060. The second kappa shape index (κ2) is 8.57. The highest BCUT2D eigenvalue weighted by Crippen LogP contribution is 2.34. The number of anilines is 1. The summed E-state index contributed by atoms with van der Waals surface area (Å²) < 4.78 is 9.59. The normalized spacial score (nSPS) is 12.5.